The first-order chi connectivity index (χ1) is 10.3. The molecule has 0 aliphatic carbocycles. The van der Waals surface area contributed by atoms with Crippen LogP contribution in [0.3, 0.4) is 0 Å². The summed E-state index contributed by atoms with van der Waals surface area (Å²) in [6, 6.07) is 7.67. The van der Waals surface area contributed by atoms with E-state index in [9.17, 15) is 4.79 Å². The molecule has 0 radical (unpaired) electrons. The van der Waals surface area contributed by atoms with E-state index in [0.29, 0.717) is 18.9 Å². The molecule has 1 amide bonds. The first-order valence-electron chi connectivity index (χ1n) is 8.01. The fraction of sp³-hybridized carbons (Fsp3) is 0.611. The normalized spacial score (nSPS) is 14.0. The summed E-state index contributed by atoms with van der Waals surface area (Å²) < 4.78 is 5.76. The quantitative estimate of drug-likeness (QED) is 0.776. The molecule has 0 saturated heterocycles. The molecule has 1 rings (SSSR count). The second-order valence-corrected chi connectivity index (χ2v) is 6.86. The van der Waals surface area contributed by atoms with Crippen molar-refractivity contribution in [3.05, 3.63) is 29.8 Å². The largest absolute Gasteiger partial charge is 0.491 e. The zero-order valence-electron chi connectivity index (χ0n) is 14.5. The van der Waals surface area contributed by atoms with Crippen molar-refractivity contribution in [2.75, 3.05) is 6.54 Å². The van der Waals surface area contributed by atoms with Gasteiger partial charge >= 0.3 is 0 Å². The molecule has 0 aromatic heterocycles. The number of carbonyl (C=O) groups is 1. The lowest BCUT2D eigenvalue weighted by Crippen LogP contribution is -2.52. The monoisotopic (exact) mass is 306 g/mol. The average Bonchev–Trinajstić information content (AvgIpc) is 2.39. The second-order valence-electron chi connectivity index (χ2n) is 6.86. The van der Waals surface area contributed by atoms with Crippen LogP contribution < -0.4 is 15.8 Å². The topological polar surface area (TPSA) is 64.3 Å². The summed E-state index contributed by atoms with van der Waals surface area (Å²) in [6.45, 7) is 10.6. The summed E-state index contributed by atoms with van der Waals surface area (Å²) >= 11 is 0. The Balaban J connectivity index is 2.76. The van der Waals surface area contributed by atoms with Gasteiger partial charge in [0.05, 0.1) is 12.5 Å². The van der Waals surface area contributed by atoms with Crippen molar-refractivity contribution in [2.45, 2.75) is 59.1 Å². The van der Waals surface area contributed by atoms with E-state index in [1.54, 1.807) is 0 Å². The molecule has 1 unspecified atom stereocenters. The van der Waals surface area contributed by atoms with E-state index < -0.39 is 0 Å². The second kappa shape index (κ2) is 8.18. The van der Waals surface area contributed by atoms with Gasteiger partial charge in [0.1, 0.15) is 5.75 Å². The van der Waals surface area contributed by atoms with Crippen LogP contribution in [0.25, 0.3) is 0 Å². The average molecular weight is 306 g/mol. The van der Waals surface area contributed by atoms with Crippen molar-refractivity contribution in [1.29, 1.82) is 0 Å². The van der Waals surface area contributed by atoms with E-state index in [-0.39, 0.29) is 17.6 Å². The lowest BCUT2D eigenvalue weighted by molar-refractivity contribution is -0.122. The van der Waals surface area contributed by atoms with Gasteiger partial charge in [-0.15, -0.1) is 0 Å². The number of carbonyl (C=O) groups excluding carboxylic acids is 1. The first-order valence-corrected chi connectivity index (χ1v) is 8.01. The van der Waals surface area contributed by atoms with E-state index in [4.69, 9.17) is 10.5 Å². The van der Waals surface area contributed by atoms with Crippen LogP contribution in [0.1, 0.15) is 46.6 Å². The van der Waals surface area contributed by atoms with Crippen LogP contribution >= 0.6 is 0 Å². The molecule has 124 valence electrons. The van der Waals surface area contributed by atoms with Crippen molar-refractivity contribution in [3.8, 4) is 5.75 Å². The number of hydrogen-bond acceptors (Lipinski definition) is 3. The number of rotatable bonds is 8. The molecule has 1 atom stereocenters. The maximum absolute atomic E-state index is 12.4. The molecule has 0 spiro atoms. The molecule has 0 fully saturated rings. The molecule has 1 aromatic rings. The summed E-state index contributed by atoms with van der Waals surface area (Å²) in [6.07, 6.45) is 1.25. The summed E-state index contributed by atoms with van der Waals surface area (Å²) in [4.78, 5) is 12.4. The molecule has 4 nitrogen and oxygen atoms in total. The first kappa shape index (κ1) is 18.5. The fourth-order valence-corrected chi connectivity index (χ4v) is 2.66. The van der Waals surface area contributed by atoms with Crippen LogP contribution in [0.5, 0.6) is 5.75 Å². The standard InChI is InChI=1S/C18H30N2O2/c1-13(2)11-18(5,12-19)20-17(21)10-15-8-6-7-9-16(15)22-14(3)4/h6-9,13-14H,10-12,19H2,1-5H3,(H,20,21). The predicted octanol–water partition coefficient (Wildman–Crippen LogP) is 2.90. The smallest absolute Gasteiger partial charge is 0.225 e. The maximum atomic E-state index is 12.4. The molecule has 0 aliphatic rings. The van der Waals surface area contributed by atoms with Crippen LogP contribution in [-0.2, 0) is 11.2 Å². The highest BCUT2D eigenvalue weighted by Gasteiger charge is 2.26. The van der Waals surface area contributed by atoms with E-state index in [0.717, 1.165) is 17.7 Å². The Bertz CT molecular complexity index is 486. The Labute approximate surface area is 134 Å². The number of amides is 1. The van der Waals surface area contributed by atoms with Crippen molar-refractivity contribution in [2.24, 2.45) is 11.7 Å². The van der Waals surface area contributed by atoms with Gasteiger partial charge in [-0.25, -0.2) is 0 Å². The molecule has 0 heterocycles. The van der Waals surface area contributed by atoms with E-state index in [2.05, 4.69) is 19.2 Å². The predicted molar refractivity (Wildman–Crippen MR) is 91.0 cm³/mol. The third-order valence-corrected chi connectivity index (χ3v) is 3.44. The molecule has 3 N–H and O–H groups in total. The van der Waals surface area contributed by atoms with Crippen molar-refractivity contribution < 1.29 is 9.53 Å². The SMILES string of the molecule is CC(C)CC(C)(CN)NC(=O)Cc1ccccc1OC(C)C. The van der Waals surface area contributed by atoms with Crippen LogP contribution in [0, 0.1) is 5.92 Å². The van der Waals surface area contributed by atoms with Crippen molar-refractivity contribution >= 4 is 5.91 Å². The number of benzene rings is 1. The Hall–Kier alpha value is -1.55. The zero-order chi connectivity index (χ0) is 16.8. The van der Waals surface area contributed by atoms with Gasteiger partial charge in [0.2, 0.25) is 5.91 Å². The third kappa shape index (κ3) is 6.06. The molecule has 1 aromatic carbocycles. The number of hydrogen-bond donors (Lipinski definition) is 2. The van der Waals surface area contributed by atoms with E-state index >= 15 is 0 Å². The number of ether oxygens (including phenoxy) is 1. The number of nitrogens with two attached hydrogens (primary N) is 1. The van der Waals surface area contributed by atoms with Gasteiger partial charge in [0.25, 0.3) is 0 Å². The Morgan fingerprint density at radius 3 is 2.45 bits per heavy atom. The van der Waals surface area contributed by atoms with Gasteiger partial charge in [0, 0.05) is 17.6 Å². The van der Waals surface area contributed by atoms with Crippen LogP contribution in [0.15, 0.2) is 24.3 Å². The highest BCUT2D eigenvalue weighted by molar-refractivity contribution is 5.80. The Morgan fingerprint density at radius 2 is 1.91 bits per heavy atom. The molecule has 4 heteroatoms. The lowest BCUT2D eigenvalue weighted by atomic mass is 9.90. The Kier molecular flexibility index (Phi) is 6.88. The summed E-state index contributed by atoms with van der Waals surface area (Å²) in [7, 11) is 0. The van der Waals surface area contributed by atoms with E-state index in [1.807, 2.05) is 45.0 Å². The minimum Gasteiger partial charge on any atom is -0.491 e. The highest BCUT2D eigenvalue weighted by Crippen LogP contribution is 2.21. The molecular weight excluding hydrogens is 276 g/mol. The van der Waals surface area contributed by atoms with Gasteiger partial charge in [-0.2, -0.15) is 0 Å². The fourth-order valence-electron chi connectivity index (χ4n) is 2.66. The maximum Gasteiger partial charge on any atom is 0.225 e. The van der Waals surface area contributed by atoms with Crippen LogP contribution in [0.4, 0.5) is 0 Å². The summed E-state index contributed by atoms with van der Waals surface area (Å²) in [5.74, 6) is 1.23. The molecular formula is C18H30N2O2. The van der Waals surface area contributed by atoms with Gasteiger partial charge in [-0.3, -0.25) is 4.79 Å². The van der Waals surface area contributed by atoms with Crippen LogP contribution in [0.2, 0.25) is 0 Å². The molecule has 0 saturated carbocycles. The van der Waals surface area contributed by atoms with Gasteiger partial charge in [-0.1, -0.05) is 32.0 Å². The third-order valence-electron chi connectivity index (χ3n) is 3.44. The van der Waals surface area contributed by atoms with E-state index in [1.165, 1.54) is 0 Å². The van der Waals surface area contributed by atoms with Gasteiger partial charge < -0.3 is 15.8 Å². The van der Waals surface area contributed by atoms with Crippen LogP contribution in [-0.4, -0.2) is 24.1 Å². The lowest BCUT2D eigenvalue weighted by Gasteiger charge is -2.31. The minimum atomic E-state index is -0.362. The summed E-state index contributed by atoms with van der Waals surface area (Å²) in [5.41, 5.74) is 6.39. The van der Waals surface area contributed by atoms with Gasteiger partial charge in [-0.05, 0) is 39.2 Å². The molecule has 0 aliphatic heterocycles. The minimum absolute atomic E-state index is 0.0200. The highest BCUT2D eigenvalue weighted by atomic mass is 16.5. The number of para-hydroxylation sites is 1. The summed E-state index contributed by atoms with van der Waals surface area (Å²) in [5, 5.41) is 3.08. The number of nitrogens with one attached hydrogen (secondary N) is 1. The zero-order valence-corrected chi connectivity index (χ0v) is 14.5. The van der Waals surface area contributed by atoms with Crippen molar-refractivity contribution in [1.82, 2.24) is 5.32 Å². The molecule has 0 bridgehead atoms. The Morgan fingerprint density at radius 1 is 1.27 bits per heavy atom. The van der Waals surface area contributed by atoms with Crippen molar-refractivity contribution in [3.63, 3.8) is 0 Å². The van der Waals surface area contributed by atoms with Gasteiger partial charge in [0.15, 0.2) is 0 Å². The molecule has 22 heavy (non-hydrogen) atoms.